The second-order valence-electron chi connectivity index (χ2n) is 4.07. The Bertz CT molecular complexity index is 713. The lowest BCUT2D eigenvalue weighted by atomic mass is 10.2. The van der Waals surface area contributed by atoms with Crippen LogP contribution in [0.15, 0.2) is 42.5 Å². The van der Waals surface area contributed by atoms with Crippen molar-refractivity contribution in [3.63, 3.8) is 0 Å². The molecule has 0 unspecified atom stereocenters. The number of benzene rings is 2. The van der Waals surface area contributed by atoms with Crippen LogP contribution in [0.3, 0.4) is 0 Å². The lowest BCUT2D eigenvalue weighted by molar-refractivity contribution is -0.118. The van der Waals surface area contributed by atoms with E-state index >= 15 is 0 Å². The summed E-state index contributed by atoms with van der Waals surface area (Å²) in [5, 5.41) is 12.3. The lowest BCUT2D eigenvalue weighted by Gasteiger charge is -2.10. The highest BCUT2D eigenvalue weighted by molar-refractivity contribution is 14.1. The van der Waals surface area contributed by atoms with Gasteiger partial charge in [-0.15, -0.1) is 0 Å². The van der Waals surface area contributed by atoms with E-state index in [9.17, 15) is 4.79 Å². The predicted molar refractivity (Wildman–Crippen MR) is 89.5 cm³/mol. The molecule has 0 saturated carbocycles. The third-order valence-electron chi connectivity index (χ3n) is 2.57. The first-order valence-corrected chi connectivity index (χ1v) is 7.42. The lowest BCUT2D eigenvalue weighted by Crippen LogP contribution is -2.20. The molecule has 0 aromatic heterocycles. The Morgan fingerprint density at radius 3 is 2.81 bits per heavy atom. The molecule has 0 atom stereocenters. The van der Waals surface area contributed by atoms with Gasteiger partial charge >= 0.3 is 0 Å². The maximum atomic E-state index is 11.9. The van der Waals surface area contributed by atoms with E-state index in [1.807, 2.05) is 6.07 Å². The molecule has 1 N–H and O–H groups in total. The SMILES string of the molecule is N#Cc1ccccc1OCC(=O)Nc1ccc(Cl)cc1I. The zero-order valence-corrected chi connectivity index (χ0v) is 13.7. The van der Waals surface area contributed by atoms with Gasteiger partial charge in [-0.3, -0.25) is 4.79 Å². The van der Waals surface area contributed by atoms with Crippen molar-refractivity contribution in [2.75, 3.05) is 11.9 Å². The van der Waals surface area contributed by atoms with E-state index in [-0.39, 0.29) is 12.5 Å². The molecule has 2 aromatic carbocycles. The Kier molecular flexibility index (Phi) is 5.42. The molecule has 21 heavy (non-hydrogen) atoms. The molecule has 0 aliphatic heterocycles. The van der Waals surface area contributed by atoms with Gasteiger partial charge in [-0.1, -0.05) is 23.7 Å². The topological polar surface area (TPSA) is 62.1 Å². The van der Waals surface area contributed by atoms with Crippen molar-refractivity contribution in [3.8, 4) is 11.8 Å². The fraction of sp³-hybridized carbons (Fsp3) is 0.0667. The number of ether oxygens (including phenoxy) is 1. The molecule has 0 radical (unpaired) electrons. The second-order valence-corrected chi connectivity index (χ2v) is 5.67. The summed E-state index contributed by atoms with van der Waals surface area (Å²) >= 11 is 7.94. The first kappa shape index (κ1) is 15.6. The average Bonchev–Trinajstić information content (AvgIpc) is 2.48. The largest absolute Gasteiger partial charge is 0.482 e. The van der Waals surface area contributed by atoms with Gasteiger partial charge in [-0.25, -0.2) is 0 Å². The summed E-state index contributed by atoms with van der Waals surface area (Å²) in [6.07, 6.45) is 0. The molecule has 0 bridgehead atoms. The average molecular weight is 413 g/mol. The number of halogens is 2. The van der Waals surface area contributed by atoms with Gasteiger partial charge < -0.3 is 10.1 Å². The summed E-state index contributed by atoms with van der Waals surface area (Å²) in [6.45, 7) is -0.169. The minimum Gasteiger partial charge on any atom is -0.482 e. The third-order valence-corrected chi connectivity index (χ3v) is 3.70. The van der Waals surface area contributed by atoms with Crippen molar-refractivity contribution in [3.05, 3.63) is 56.6 Å². The molecule has 0 aliphatic carbocycles. The zero-order chi connectivity index (χ0) is 15.2. The van der Waals surface area contributed by atoms with Crippen molar-refractivity contribution in [2.45, 2.75) is 0 Å². The molecule has 106 valence electrons. The molecule has 0 heterocycles. The Balaban J connectivity index is 1.98. The number of nitrogens with zero attached hydrogens (tertiary/aromatic N) is 1. The van der Waals surface area contributed by atoms with Gasteiger partial charge in [-0.2, -0.15) is 5.26 Å². The normalized spacial score (nSPS) is 9.76. The Labute approximate surface area is 140 Å². The second kappa shape index (κ2) is 7.29. The van der Waals surface area contributed by atoms with Gasteiger partial charge in [0.05, 0.1) is 11.3 Å². The third kappa shape index (κ3) is 4.34. The van der Waals surface area contributed by atoms with Crippen LogP contribution in [0.4, 0.5) is 5.69 Å². The van der Waals surface area contributed by atoms with E-state index in [0.717, 1.165) is 3.57 Å². The van der Waals surface area contributed by atoms with E-state index < -0.39 is 0 Å². The first-order chi connectivity index (χ1) is 10.1. The van der Waals surface area contributed by atoms with E-state index in [2.05, 4.69) is 27.9 Å². The molecule has 2 aromatic rings. The number of hydrogen-bond donors (Lipinski definition) is 1. The smallest absolute Gasteiger partial charge is 0.262 e. The first-order valence-electron chi connectivity index (χ1n) is 5.97. The maximum absolute atomic E-state index is 11.9. The fourth-order valence-corrected chi connectivity index (χ4v) is 2.61. The van der Waals surface area contributed by atoms with Gasteiger partial charge in [0.25, 0.3) is 5.91 Å². The van der Waals surface area contributed by atoms with E-state index in [0.29, 0.717) is 22.0 Å². The van der Waals surface area contributed by atoms with Gasteiger partial charge in [0.2, 0.25) is 0 Å². The van der Waals surface area contributed by atoms with E-state index in [1.165, 1.54) is 0 Å². The Hall–Kier alpha value is -1.78. The Morgan fingerprint density at radius 1 is 1.33 bits per heavy atom. The van der Waals surface area contributed by atoms with Gasteiger partial charge in [0.15, 0.2) is 6.61 Å². The van der Waals surface area contributed by atoms with E-state index in [4.69, 9.17) is 21.6 Å². The minimum atomic E-state index is -0.303. The summed E-state index contributed by atoms with van der Waals surface area (Å²) in [4.78, 5) is 11.9. The van der Waals surface area contributed by atoms with Crippen molar-refractivity contribution >= 4 is 45.8 Å². The number of carbonyl (C=O) groups is 1. The number of rotatable bonds is 4. The number of para-hydroxylation sites is 1. The van der Waals surface area contributed by atoms with Crippen molar-refractivity contribution in [1.82, 2.24) is 0 Å². The molecule has 0 spiro atoms. The monoisotopic (exact) mass is 412 g/mol. The van der Waals surface area contributed by atoms with Crippen LogP contribution in [0.1, 0.15) is 5.56 Å². The summed E-state index contributed by atoms with van der Waals surface area (Å²) in [5.41, 5.74) is 1.06. The number of carbonyl (C=O) groups excluding carboxylic acids is 1. The fourth-order valence-electron chi connectivity index (χ4n) is 1.61. The standard InChI is InChI=1S/C15H10ClIN2O2/c16-11-5-6-13(12(17)7-11)19-15(20)9-21-14-4-2-1-3-10(14)8-18/h1-7H,9H2,(H,19,20). The van der Waals surface area contributed by atoms with Crippen LogP contribution in [0, 0.1) is 14.9 Å². The number of anilines is 1. The van der Waals surface area contributed by atoms with Gasteiger partial charge in [-0.05, 0) is 52.9 Å². The number of nitriles is 1. The predicted octanol–water partition coefficient (Wildman–Crippen LogP) is 3.83. The molecular weight excluding hydrogens is 403 g/mol. The zero-order valence-electron chi connectivity index (χ0n) is 10.8. The van der Waals surface area contributed by atoms with Crippen molar-refractivity contribution in [2.24, 2.45) is 0 Å². The van der Waals surface area contributed by atoms with Crippen LogP contribution in [0.5, 0.6) is 5.75 Å². The van der Waals surface area contributed by atoms with Crippen LogP contribution < -0.4 is 10.1 Å². The van der Waals surface area contributed by atoms with Crippen molar-refractivity contribution in [1.29, 1.82) is 5.26 Å². The highest BCUT2D eigenvalue weighted by Gasteiger charge is 2.08. The minimum absolute atomic E-state index is 0.169. The quantitative estimate of drug-likeness (QED) is 0.776. The van der Waals surface area contributed by atoms with E-state index in [1.54, 1.807) is 42.5 Å². The molecule has 0 aliphatic rings. The molecule has 6 heteroatoms. The maximum Gasteiger partial charge on any atom is 0.262 e. The Morgan fingerprint density at radius 2 is 2.10 bits per heavy atom. The van der Waals surface area contributed by atoms with Crippen LogP contribution in [0.2, 0.25) is 5.02 Å². The van der Waals surface area contributed by atoms with Crippen LogP contribution in [-0.2, 0) is 4.79 Å². The van der Waals surface area contributed by atoms with Crippen LogP contribution in [0.25, 0.3) is 0 Å². The van der Waals surface area contributed by atoms with Crippen molar-refractivity contribution < 1.29 is 9.53 Å². The molecule has 1 amide bonds. The van der Waals surface area contributed by atoms with Gasteiger partial charge in [0.1, 0.15) is 11.8 Å². The van der Waals surface area contributed by atoms with Crippen LogP contribution >= 0.6 is 34.2 Å². The molecule has 2 rings (SSSR count). The summed E-state index contributed by atoms with van der Waals surface area (Å²) in [7, 11) is 0. The van der Waals surface area contributed by atoms with Gasteiger partial charge in [0, 0.05) is 8.59 Å². The number of hydrogen-bond acceptors (Lipinski definition) is 3. The molecule has 0 fully saturated rings. The molecular formula is C15H10ClIN2O2. The molecule has 0 saturated heterocycles. The highest BCUT2D eigenvalue weighted by atomic mass is 127. The summed E-state index contributed by atoms with van der Waals surface area (Å²) in [6, 6.07) is 14.0. The summed E-state index contributed by atoms with van der Waals surface area (Å²) in [5.74, 6) is 0.0870. The number of amides is 1. The van der Waals surface area contributed by atoms with Crippen LogP contribution in [-0.4, -0.2) is 12.5 Å². The summed E-state index contributed by atoms with van der Waals surface area (Å²) < 4.78 is 6.20. The molecule has 4 nitrogen and oxygen atoms in total. The highest BCUT2D eigenvalue weighted by Crippen LogP contribution is 2.22. The number of nitrogens with one attached hydrogen (secondary N) is 1.